The number of hydrogen-bond acceptors (Lipinski definition) is 6. The zero-order valence-corrected chi connectivity index (χ0v) is 51.6. The zero-order chi connectivity index (χ0) is 55.0. The fourth-order valence-corrected chi connectivity index (χ4v) is 10.5. The second kappa shape index (κ2) is 65.4. The van der Waals surface area contributed by atoms with Gasteiger partial charge in [-0.15, -0.1) is 0 Å². The summed E-state index contributed by atoms with van der Waals surface area (Å²) in [4.78, 5) is 38.1. The summed E-state index contributed by atoms with van der Waals surface area (Å²) < 4.78 is 16.9. The molecular weight excluding hydrogens is 937 g/mol. The fraction of sp³-hybridized carbons (Fsp3) is 0.900. The highest BCUT2D eigenvalue weighted by atomic mass is 16.6. The van der Waals surface area contributed by atoms with Gasteiger partial charge in [0.15, 0.2) is 6.10 Å². The van der Waals surface area contributed by atoms with E-state index in [2.05, 4.69) is 45.1 Å². The van der Waals surface area contributed by atoms with Crippen molar-refractivity contribution in [2.75, 3.05) is 13.2 Å². The molecule has 0 aliphatic rings. The van der Waals surface area contributed by atoms with Gasteiger partial charge in [0.2, 0.25) is 0 Å². The Morgan fingerprint density at radius 3 is 0.724 bits per heavy atom. The van der Waals surface area contributed by atoms with Gasteiger partial charge in [-0.2, -0.15) is 0 Å². The van der Waals surface area contributed by atoms with E-state index in [1.54, 1.807) is 0 Å². The Morgan fingerprint density at radius 2 is 0.474 bits per heavy atom. The summed E-state index contributed by atoms with van der Waals surface area (Å²) in [5, 5.41) is 0. The van der Waals surface area contributed by atoms with Crippen LogP contribution in [0.4, 0.5) is 0 Å². The molecule has 0 bridgehead atoms. The van der Waals surface area contributed by atoms with Crippen LogP contribution < -0.4 is 0 Å². The highest BCUT2D eigenvalue weighted by molar-refractivity contribution is 5.71. The third-order valence-electron chi connectivity index (χ3n) is 15.7. The van der Waals surface area contributed by atoms with Gasteiger partial charge in [0.25, 0.3) is 0 Å². The standard InChI is InChI=1S/C70H132O6/c1-4-7-10-13-16-19-21-23-25-26-27-28-29-30-31-32-33-34-35-36-37-38-39-40-41-42-43-44-46-47-49-51-54-57-60-63-69(72)75-66-67(65-74-68(71)62-59-56-53-18-15-12-9-6-3)76-70(73)64-61-58-55-52-50-48-45-24-22-20-17-14-11-8-5-2/h21,23,26-27,67H,4-20,22,24-25,28-66H2,1-3H3/b23-21-,27-26-. The van der Waals surface area contributed by atoms with E-state index >= 15 is 0 Å². The van der Waals surface area contributed by atoms with Crippen LogP contribution >= 0.6 is 0 Å². The average molecular weight is 1070 g/mol. The monoisotopic (exact) mass is 1070 g/mol. The van der Waals surface area contributed by atoms with Crippen LogP contribution in [0.5, 0.6) is 0 Å². The zero-order valence-electron chi connectivity index (χ0n) is 51.6. The number of unbranched alkanes of at least 4 members (excludes halogenated alkanes) is 49. The van der Waals surface area contributed by atoms with Gasteiger partial charge in [0.1, 0.15) is 13.2 Å². The first kappa shape index (κ1) is 73.9. The topological polar surface area (TPSA) is 78.9 Å². The van der Waals surface area contributed by atoms with Crippen molar-refractivity contribution in [1.82, 2.24) is 0 Å². The molecule has 0 aliphatic carbocycles. The van der Waals surface area contributed by atoms with Crippen molar-refractivity contribution in [1.29, 1.82) is 0 Å². The number of carbonyl (C=O) groups is 3. The Hall–Kier alpha value is -2.11. The molecule has 0 saturated heterocycles. The quantitative estimate of drug-likeness (QED) is 0.0261. The number of ether oxygens (including phenoxy) is 3. The lowest BCUT2D eigenvalue weighted by Crippen LogP contribution is -2.30. The van der Waals surface area contributed by atoms with Gasteiger partial charge in [0, 0.05) is 19.3 Å². The SMILES string of the molecule is CCCCCCC/C=C\C/C=C\CCCCCCCCCCCCCCCCCCCCCCCCCC(=O)OCC(COC(=O)CCCCCCCCCC)OC(=O)CCCCCCCCCCCCCCCCC. The van der Waals surface area contributed by atoms with Gasteiger partial charge in [-0.3, -0.25) is 14.4 Å². The Kier molecular flexibility index (Phi) is 63.6. The van der Waals surface area contributed by atoms with Crippen LogP contribution in [0.3, 0.4) is 0 Å². The maximum atomic E-state index is 12.8. The maximum absolute atomic E-state index is 12.8. The second-order valence-electron chi connectivity index (χ2n) is 23.5. The van der Waals surface area contributed by atoms with Crippen molar-refractivity contribution in [3.63, 3.8) is 0 Å². The fourth-order valence-electron chi connectivity index (χ4n) is 10.5. The van der Waals surface area contributed by atoms with Crippen LogP contribution in [-0.2, 0) is 28.6 Å². The first-order chi connectivity index (χ1) is 37.5. The average Bonchev–Trinajstić information content (AvgIpc) is 3.42. The third kappa shape index (κ3) is 62.7. The van der Waals surface area contributed by atoms with Gasteiger partial charge in [0.05, 0.1) is 0 Å². The van der Waals surface area contributed by atoms with Crippen molar-refractivity contribution in [2.24, 2.45) is 0 Å². The molecule has 6 heteroatoms. The van der Waals surface area contributed by atoms with Crippen LogP contribution in [0.1, 0.15) is 387 Å². The van der Waals surface area contributed by atoms with Crippen molar-refractivity contribution in [2.45, 2.75) is 393 Å². The Bertz CT molecular complexity index is 1230. The van der Waals surface area contributed by atoms with E-state index in [1.807, 2.05) is 0 Å². The number of hydrogen-bond donors (Lipinski definition) is 0. The van der Waals surface area contributed by atoms with Gasteiger partial charge < -0.3 is 14.2 Å². The van der Waals surface area contributed by atoms with Crippen LogP contribution in [0.25, 0.3) is 0 Å². The van der Waals surface area contributed by atoms with E-state index in [4.69, 9.17) is 14.2 Å². The molecule has 0 aromatic carbocycles. The van der Waals surface area contributed by atoms with Gasteiger partial charge in [-0.05, 0) is 51.4 Å². The largest absolute Gasteiger partial charge is 0.462 e. The molecule has 0 aromatic heterocycles. The molecule has 0 radical (unpaired) electrons. The van der Waals surface area contributed by atoms with Crippen LogP contribution in [0.2, 0.25) is 0 Å². The van der Waals surface area contributed by atoms with Crippen molar-refractivity contribution >= 4 is 17.9 Å². The van der Waals surface area contributed by atoms with Crippen LogP contribution in [0.15, 0.2) is 24.3 Å². The summed E-state index contributed by atoms with van der Waals surface area (Å²) in [6, 6.07) is 0. The maximum Gasteiger partial charge on any atom is 0.306 e. The molecule has 1 unspecified atom stereocenters. The summed E-state index contributed by atoms with van der Waals surface area (Å²) in [5.74, 6) is -0.840. The number of allylic oxidation sites excluding steroid dienone is 4. The molecular formula is C70H132O6. The Labute approximate surface area is 474 Å². The first-order valence-electron chi connectivity index (χ1n) is 34.3. The molecule has 0 heterocycles. The third-order valence-corrected chi connectivity index (χ3v) is 15.7. The van der Waals surface area contributed by atoms with Crippen LogP contribution in [0, 0.1) is 0 Å². The molecule has 0 saturated carbocycles. The summed E-state index contributed by atoms with van der Waals surface area (Å²) >= 11 is 0. The second-order valence-corrected chi connectivity index (χ2v) is 23.5. The highest BCUT2D eigenvalue weighted by Crippen LogP contribution is 2.19. The van der Waals surface area contributed by atoms with Gasteiger partial charge >= 0.3 is 17.9 Å². The number of esters is 3. The van der Waals surface area contributed by atoms with E-state index in [1.165, 1.54) is 283 Å². The molecule has 0 aromatic rings. The predicted molar refractivity (Wildman–Crippen MR) is 330 cm³/mol. The van der Waals surface area contributed by atoms with Crippen molar-refractivity contribution < 1.29 is 28.6 Å². The summed E-state index contributed by atoms with van der Waals surface area (Å²) in [6.07, 6.45) is 79.5. The minimum atomic E-state index is -0.763. The molecule has 0 spiro atoms. The summed E-state index contributed by atoms with van der Waals surface area (Å²) in [5.41, 5.74) is 0. The van der Waals surface area contributed by atoms with Crippen molar-refractivity contribution in [3.8, 4) is 0 Å². The van der Waals surface area contributed by atoms with E-state index in [-0.39, 0.29) is 31.1 Å². The molecule has 0 amide bonds. The van der Waals surface area contributed by atoms with E-state index in [9.17, 15) is 14.4 Å². The minimum absolute atomic E-state index is 0.0635. The van der Waals surface area contributed by atoms with Crippen LogP contribution in [-0.4, -0.2) is 37.2 Å². The predicted octanol–water partition coefficient (Wildman–Crippen LogP) is 23.4. The lowest BCUT2D eigenvalue weighted by atomic mass is 10.0. The molecule has 76 heavy (non-hydrogen) atoms. The number of rotatable bonds is 64. The van der Waals surface area contributed by atoms with E-state index in [0.29, 0.717) is 19.3 Å². The molecule has 6 nitrogen and oxygen atoms in total. The smallest absolute Gasteiger partial charge is 0.306 e. The Balaban J connectivity index is 3.92. The summed E-state index contributed by atoms with van der Waals surface area (Å²) in [7, 11) is 0. The Morgan fingerprint density at radius 1 is 0.263 bits per heavy atom. The molecule has 1 atom stereocenters. The summed E-state index contributed by atoms with van der Waals surface area (Å²) in [6.45, 7) is 6.66. The van der Waals surface area contributed by atoms with Gasteiger partial charge in [-0.1, -0.05) is 340 Å². The molecule has 0 aliphatic heterocycles. The van der Waals surface area contributed by atoms with E-state index in [0.717, 1.165) is 64.2 Å². The normalized spacial score (nSPS) is 12.1. The molecule has 0 rings (SSSR count). The van der Waals surface area contributed by atoms with E-state index < -0.39 is 6.10 Å². The first-order valence-corrected chi connectivity index (χ1v) is 34.3. The van der Waals surface area contributed by atoms with Crippen molar-refractivity contribution in [3.05, 3.63) is 24.3 Å². The minimum Gasteiger partial charge on any atom is -0.462 e. The molecule has 0 N–H and O–H groups in total. The highest BCUT2D eigenvalue weighted by Gasteiger charge is 2.19. The number of carbonyl (C=O) groups excluding carboxylic acids is 3. The molecule has 0 fully saturated rings. The lowest BCUT2D eigenvalue weighted by Gasteiger charge is -2.18. The lowest BCUT2D eigenvalue weighted by molar-refractivity contribution is -0.167. The molecule has 448 valence electrons. The van der Waals surface area contributed by atoms with Gasteiger partial charge in [-0.25, -0.2) is 0 Å².